The second kappa shape index (κ2) is 8.46. The first-order valence-corrected chi connectivity index (χ1v) is 7.76. The molecule has 0 heterocycles. The topological polar surface area (TPSA) is 24.5 Å². The number of ether oxygens (including phenoxy) is 1. The molecule has 108 valence electrons. The summed E-state index contributed by atoms with van der Waals surface area (Å²) in [5.74, 6) is 2.06. The minimum atomic E-state index is 0.308. The Morgan fingerprint density at radius 1 is 1.37 bits per heavy atom. The zero-order valence-electron chi connectivity index (χ0n) is 12.7. The predicted molar refractivity (Wildman–Crippen MR) is 84.4 cm³/mol. The Balaban J connectivity index is 2.88. The molecule has 0 saturated heterocycles. The molecule has 1 aromatic rings. The van der Waals surface area contributed by atoms with E-state index >= 15 is 0 Å². The van der Waals surface area contributed by atoms with Crippen molar-refractivity contribution in [2.75, 3.05) is 40.0 Å². The summed E-state index contributed by atoms with van der Waals surface area (Å²) in [6.07, 6.45) is 0. The van der Waals surface area contributed by atoms with Gasteiger partial charge in [-0.2, -0.15) is 0 Å². The highest BCUT2D eigenvalue weighted by molar-refractivity contribution is 7.99. The minimum Gasteiger partial charge on any atom is -0.496 e. The number of nitrogens with one attached hydrogen (secondary N) is 1. The van der Waals surface area contributed by atoms with Crippen LogP contribution in [0.4, 0.5) is 0 Å². The third kappa shape index (κ3) is 5.05. The van der Waals surface area contributed by atoms with Crippen LogP contribution in [0.2, 0.25) is 0 Å². The molecule has 1 aromatic carbocycles. The molecule has 0 saturated carbocycles. The van der Waals surface area contributed by atoms with Crippen molar-refractivity contribution in [1.82, 2.24) is 10.2 Å². The lowest BCUT2D eigenvalue weighted by Crippen LogP contribution is -2.19. The van der Waals surface area contributed by atoms with Crippen LogP contribution in [0.1, 0.15) is 25.5 Å². The average Bonchev–Trinajstić information content (AvgIpc) is 2.38. The summed E-state index contributed by atoms with van der Waals surface area (Å²) in [5.41, 5.74) is 1.27. The van der Waals surface area contributed by atoms with E-state index in [9.17, 15) is 0 Å². The molecule has 0 fully saturated rings. The van der Waals surface area contributed by atoms with Crippen molar-refractivity contribution >= 4 is 11.8 Å². The van der Waals surface area contributed by atoms with Gasteiger partial charge >= 0.3 is 0 Å². The maximum absolute atomic E-state index is 5.52. The molecule has 1 N–H and O–H groups in total. The van der Waals surface area contributed by atoms with Crippen molar-refractivity contribution in [1.29, 1.82) is 0 Å². The minimum absolute atomic E-state index is 0.308. The summed E-state index contributed by atoms with van der Waals surface area (Å²) in [6, 6.07) is 6.60. The fraction of sp³-hybridized carbons (Fsp3) is 0.600. The molecule has 19 heavy (non-hydrogen) atoms. The maximum atomic E-state index is 5.52. The lowest BCUT2D eigenvalue weighted by Gasteiger charge is -2.20. The van der Waals surface area contributed by atoms with Crippen LogP contribution in [0, 0.1) is 0 Å². The van der Waals surface area contributed by atoms with E-state index in [2.05, 4.69) is 50.3 Å². The molecule has 0 amide bonds. The molecule has 1 unspecified atom stereocenters. The monoisotopic (exact) mass is 282 g/mol. The van der Waals surface area contributed by atoms with Gasteiger partial charge in [-0.05, 0) is 39.7 Å². The van der Waals surface area contributed by atoms with Crippen LogP contribution in [0.25, 0.3) is 0 Å². The smallest absolute Gasteiger partial charge is 0.124 e. The second-order valence-electron chi connectivity index (χ2n) is 4.80. The molecule has 1 rings (SSSR count). The number of methoxy groups -OCH3 is 1. The first kappa shape index (κ1) is 16.3. The largest absolute Gasteiger partial charge is 0.496 e. The summed E-state index contributed by atoms with van der Waals surface area (Å²) >= 11 is 1.90. The van der Waals surface area contributed by atoms with Crippen molar-refractivity contribution in [3.05, 3.63) is 23.8 Å². The predicted octanol–water partition coefficient (Wildman–Crippen LogP) is 3.02. The van der Waals surface area contributed by atoms with Crippen molar-refractivity contribution in [3.8, 4) is 5.75 Å². The summed E-state index contributed by atoms with van der Waals surface area (Å²) < 4.78 is 5.52. The Hall–Kier alpha value is -0.710. The highest BCUT2D eigenvalue weighted by Gasteiger charge is 2.15. The van der Waals surface area contributed by atoms with E-state index in [1.165, 1.54) is 10.5 Å². The quantitative estimate of drug-likeness (QED) is 0.741. The van der Waals surface area contributed by atoms with Gasteiger partial charge in [0.15, 0.2) is 0 Å². The van der Waals surface area contributed by atoms with Crippen LogP contribution in [-0.2, 0) is 0 Å². The zero-order valence-corrected chi connectivity index (χ0v) is 13.5. The summed E-state index contributed by atoms with van der Waals surface area (Å²) in [4.78, 5) is 3.52. The number of rotatable bonds is 8. The lowest BCUT2D eigenvalue weighted by atomic mass is 10.1. The highest BCUT2D eigenvalue weighted by atomic mass is 32.2. The molecule has 3 nitrogen and oxygen atoms in total. The fourth-order valence-electron chi connectivity index (χ4n) is 2.00. The molecule has 0 aromatic heterocycles. The van der Waals surface area contributed by atoms with E-state index in [0.717, 1.165) is 24.6 Å². The van der Waals surface area contributed by atoms with Gasteiger partial charge in [0.2, 0.25) is 0 Å². The molecule has 0 bridgehead atoms. The molecule has 0 aliphatic carbocycles. The van der Waals surface area contributed by atoms with Gasteiger partial charge in [0.05, 0.1) is 7.11 Å². The lowest BCUT2D eigenvalue weighted by molar-refractivity contribution is 0.400. The first-order chi connectivity index (χ1) is 9.10. The number of nitrogens with zero attached hydrogens (tertiary/aromatic N) is 1. The van der Waals surface area contributed by atoms with Gasteiger partial charge in [-0.3, -0.25) is 0 Å². The number of benzene rings is 1. The Morgan fingerprint density at radius 2 is 2.11 bits per heavy atom. The van der Waals surface area contributed by atoms with E-state index in [0.29, 0.717) is 6.04 Å². The second-order valence-corrected chi connectivity index (χ2v) is 5.94. The van der Waals surface area contributed by atoms with E-state index in [1.54, 1.807) is 7.11 Å². The molecule has 0 radical (unpaired) electrons. The highest BCUT2D eigenvalue weighted by Crippen LogP contribution is 2.34. The number of thioether (sulfide) groups is 1. The van der Waals surface area contributed by atoms with Crippen LogP contribution >= 0.6 is 11.8 Å². The number of hydrogen-bond acceptors (Lipinski definition) is 4. The van der Waals surface area contributed by atoms with Crippen molar-refractivity contribution in [2.45, 2.75) is 24.8 Å². The Labute approximate surface area is 121 Å². The fourth-order valence-corrected chi connectivity index (χ4v) is 3.28. The average molecular weight is 282 g/mol. The van der Waals surface area contributed by atoms with Gasteiger partial charge in [0.1, 0.15) is 5.75 Å². The van der Waals surface area contributed by atoms with Crippen LogP contribution in [0.15, 0.2) is 23.1 Å². The Bertz CT molecular complexity index is 382. The Morgan fingerprint density at radius 3 is 2.68 bits per heavy atom. The molecular weight excluding hydrogens is 256 g/mol. The van der Waals surface area contributed by atoms with E-state index in [4.69, 9.17) is 4.74 Å². The number of hydrogen-bond donors (Lipinski definition) is 1. The van der Waals surface area contributed by atoms with Gasteiger partial charge < -0.3 is 15.0 Å². The molecule has 1 atom stereocenters. The van der Waals surface area contributed by atoms with Crippen LogP contribution in [0.3, 0.4) is 0 Å². The van der Waals surface area contributed by atoms with Gasteiger partial charge in [-0.15, -0.1) is 11.8 Å². The Kier molecular flexibility index (Phi) is 7.28. The SMILES string of the molecule is CCNC(C)c1c(OC)cccc1SCCN(C)C. The van der Waals surface area contributed by atoms with Gasteiger partial charge in [0.25, 0.3) is 0 Å². The van der Waals surface area contributed by atoms with Gasteiger partial charge in [-0.25, -0.2) is 0 Å². The molecule has 0 aliphatic heterocycles. The van der Waals surface area contributed by atoms with Crippen LogP contribution in [0.5, 0.6) is 5.75 Å². The maximum Gasteiger partial charge on any atom is 0.124 e. The van der Waals surface area contributed by atoms with E-state index in [1.807, 2.05) is 17.8 Å². The third-order valence-electron chi connectivity index (χ3n) is 2.99. The van der Waals surface area contributed by atoms with Crippen molar-refractivity contribution in [3.63, 3.8) is 0 Å². The molecule has 0 spiro atoms. The van der Waals surface area contributed by atoms with E-state index < -0.39 is 0 Å². The van der Waals surface area contributed by atoms with Crippen LogP contribution < -0.4 is 10.1 Å². The zero-order chi connectivity index (χ0) is 14.3. The standard InChI is InChI=1S/C15H26N2OS/c1-6-16-12(2)15-13(18-5)8-7-9-14(15)19-11-10-17(3)4/h7-9,12,16H,6,10-11H2,1-5H3. The van der Waals surface area contributed by atoms with Crippen LogP contribution in [-0.4, -0.2) is 44.9 Å². The summed E-state index contributed by atoms with van der Waals surface area (Å²) in [6.45, 7) is 6.36. The van der Waals surface area contributed by atoms with Crippen molar-refractivity contribution in [2.24, 2.45) is 0 Å². The third-order valence-corrected chi connectivity index (χ3v) is 4.04. The van der Waals surface area contributed by atoms with Gasteiger partial charge in [0, 0.05) is 28.8 Å². The van der Waals surface area contributed by atoms with Crippen molar-refractivity contribution < 1.29 is 4.74 Å². The van der Waals surface area contributed by atoms with E-state index in [-0.39, 0.29) is 0 Å². The normalized spacial score (nSPS) is 12.7. The molecule has 4 heteroatoms. The molecular formula is C15H26N2OS. The summed E-state index contributed by atoms with van der Waals surface area (Å²) in [7, 11) is 5.95. The first-order valence-electron chi connectivity index (χ1n) is 6.78. The summed E-state index contributed by atoms with van der Waals surface area (Å²) in [5, 5.41) is 3.47. The molecule has 0 aliphatic rings. The van der Waals surface area contributed by atoms with Gasteiger partial charge in [-0.1, -0.05) is 13.0 Å².